The van der Waals surface area contributed by atoms with Crippen molar-refractivity contribution < 1.29 is 0 Å². The van der Waals surface area contributed by atoms with Crippen LogP contribution in [0.3, 0.4) is 0 Å². The van der Waals surface area contributed by atoms with E-state index in [2.05, 4.69) is 174 Å². The Balaban J connectivity index is 0.973. The Morgan fingerprint density at radius 1 is 0.484 bits per heavy atom. The first-order valence-corrected chi connectivity index (χ1v) is 24.0. The second kappa shape index (κ2) is 12.2. The molecule has 2 nitrogen and oxygen atoms in total. The SMILES string of the molecule is C[C@H]1C2CC3CC(C2)C2(c4ccccc4-c4cc(N(c5ccc6c(c5)C5(CC7CCC5C7)c5ccccc5-6)c5ccc6c7ccccc7n(-c7ccccc7)c6c5)ccc42)C1C3. The van der Waals surface area contributed by atoms with E-state index in [1.807, 2.05) is 0 Å². The molecule has 8 unspecified atom stereocenters. The molecule has 6 bridgehead atoms. The van der Waals surface area contributed by atoms with Gasteiger partial charge in [0.15, 0.2) is 0 Å². The zero-order valence-corrected chi connectivity index (χ0v) is 35.6. The summed E-state index contributed by atoms with van der Waals surface area (Å²) in [7, 11) is 0. The maximum atomic E-state index is 2.65. The van der Waals surface area contributed by atoms with Gasteiger partial charge in [0.2, 0.25) is 0 Å². The third-order valence-corrected chi connectivity index (χ3v) is 18.6. The first-order chi connectivity index (χ1) is 30.6. The van der Waals surface area contributed by atoms with E-state index in [0.29, 0.717) is 5.92 Å². The lowest BCUT2D eigenvalue weighted by molar-refractivity contribution is -0.0817. The summed E-state index contributed by atoms with van der Waals surface area (Å²) < 4.78 is 2.48. The Kier molecular flexibility index (Phi) is 6.82. The number of benzene rings is 7. The van der Waals surface area contributed by atoms with Crippen molar-refractivity contribution in [3.8, 4) is 27.9 Å². The highest BCUT2D eigenvalue weighted by Crippen LogP contribution is 2.71. The molecule has 0 amide bonds. The summed E-state index contributed by atoms with van der Waals surface area (Å²) in [5, 5.41) is 2.58. The summed E-state index contributed by atoms with van der Waals surface area (Å²) in [4.78, 5) is 2.63. The van der Waals surface area contributed by atoms with Gasteiger partial charge in [0.05, 0.1) is 11.0 Å². The third-order valence-electron chi connectivity index (χ3n) is 18.6. The molecule has 2 heteroatoms. The van der Waals surface area contributed by atoms with Gasteiger partial charge in [-0.05, 0) is 185 Å². The van der Waals surface area contributed by atoms with Crippen LogP contribution in [0.1, 0.15) is 80.5 Å². The molecule has 16 rings (SSSR count). The minimum atomic E-state index is 0.111. The summed E-state index contributed by atoms with van der Waals surface area (Å²) in [5.74, 6) is 5.60. The first kappa shape index (κ1) is 34.7. The molecule has 9 atom stereocenters. The predicted molar refractivity (Wildman–Crippen MR) is 255 cm³/mol. The normalized spacial score (nSPS) is 30.1. The number of hydrogen-bond acceptors (Lipinski definition) is 1. The monoisotopic (exact) mass is 800 g/mol. The Hall–Kier alpha value is -5.86. The van der Waals surface area contributed by atoms with Gasteiger partial charge < -0.3 is 9.47 Å². The van der Waals surface area contributed by atoms with Crippen molar-refractivity contribution in [2.45, 2.75) is 69.1 Å². The van der Waals surface area contributed by atoms with Crippen molar-refractivity contribution in [3.05, 3.63) is 180 Å². The van der Waals surface area contributed by atoms with Crippen LogP contribution in [0.5, 0.6) is 0 Å². The minimum Gasteiger partial charge on any atom is -0.310 e. The lowest BCUT2D eigenvalue weighted by Gasteiger charge is -2.63. The van der Waals surface area contributed by atoms with Crippen LogP contribution in [0.15, 0.2) is 158 Å². The molecule has 8 aromatic rings. The van der Waals surface area contributed by atoms with Crippen LogP contribution in [0.25, 0.3) is 49.7 Å². The Morgan fingerprint density at radius 3 is 2.02 bits per heavy atom. The van der Waals surface area contributed by atoms with Crippen molar-refractivity contribution >= 4 is 38.9 Å². The summed E-state index contributed by atoms with van der Waals surface area (Å²) >= 11 is 0. The van der Waals surface area contributed by atoms with E-state index < -0.39 is 0 Å². The number of aromatic nitrogens is 1. The lowest BCUT2D eigenvalue weighted by Crippen LogP contribution is -2.58. The summed E-state index contributed by atoms with van der Waals surface area (Å²) in [6.45, 7) is 2.62. The third kappa shape index (κ3) is 4.23. The average molecular weight is 801 g/mol. The van der Waals surface area contributed by atoms with Crippen LogP contribution in [0.4, 0.5) is 17.1 Å². The molecule has 2 spiro atoms. The average Bonchev–Trinajstić information content (AvgIpc) is 4.13. The number of para-hydroxylation sites is 2. The fraction of sp³-hybridized carbons (Fsp3) is 0.300. The first-order valence-electron chi connectivity index (χ1n) is 24.0. The smallest absolute Gasteiger partial charge is 0.0561 e. The van der Waals surface area contributed by atoms with Gasteiger partial charge in [-0.1, -0.05) is 116 Å². The second-order valence-corrected chi connectivity index (χ2v) is 20.9. The Morgan fingerprint density at radius 2 is 1.16 bits per heavy atom. The van der Waals surface area contributed by atoms with E-state index in [-0.39, 0.29) is 10.8 Å². The molecule has 62 heavy (non-hydrogen) atoms. The van der Waals surface area contributed by atoms with Crippen molar-refractivity contribution in [2.24, 2.45) is 41.4 Å². The Labute approximate surface area is 365 Å². The highest BCUT2D eigenvalue weighted by molar-refractivity contribution is 6.10. The summed E-state index contributed by atoms with van der Waals surface area (Å²) in [6, 6.07) is 61.6. The van der Waals surface area contributed by atoms with Crippen molar-refractivity contribution in [1.82, 2.24) is 4.57 Å². The summed E-state index contributed by atoms with van der Waals surface area (Å²) in [6.07, 6.45) is 11.1. The lowest BCUT2D eigenvalue weighted by atomic mass is 9.40. The minimum absolute atomic E-state index is 0.111. The zero-order chi connectivity index (χ0) is 40.5. The summed E-state index contributed by atoms with van der Waals surface area (Å²) in [5.41, 5.74) is 19.9. The molecule has 1 heterocycles. The van der Waals surface area contributed by atoms with Gasteiger partial charge in [-0.3, -0.25) is 0 Å². The molecule has 0 N–H and O–H groups in total. The molecule has 8 aliphatic rings. The van der Waals surface area contributed by atoms with Crippen molar-refractivity contribution in [3.63, 3.8) is 0 Å². The molecule has 6 fully saturated rings. The van der Waals surface area contributed by atoms with Crippen molar-refractivity contribution in [2.75, 3.05) is 4.90 Å². The topological polar surface area (TPSA) is 8.17 Å². The number of anilines is 3. The second-order valence-electron chi connectivity index (χ2n) is 20.9. The van der Waals surface area contributed by atoms with Gasteiger partial charge in [-0.15, -0.1) is 0 Å². The maximum absolute atomic E-state index is 2.65. The fourth-order valence-electron chi connectivity index (χ4n) is 16.5. The molecule has 6 saturated carbocycles. The Bertz CT molecular complexity index is 3190. The largest absolute Gasteiger partial charge is 0.310 e. The standard InChI is InChI=1S/C60H52N2/c1-36-39-27-38-29-41(31-39)60(55(36)30-38)53-17-9-6-14-47(53)51-32-43(23-26-54(51)60)61(45-22-25-50-49-15-7-10-18-57(49)62(58(50)34-45)42-11-3-2-4-12-42)44-21-24-48-46-13-5-8-16-52(46)59(56(48)33-44)35-37-19-20-40(59)28-37/h2-18,21-26,32-34,36-41,55H,19-20,27-31,35H2,1H3/t36-,37?,38?,39?,40?,41?,55?,59?,60?/m0/s1. The van der Waals surface area contributed by atoms with Gasteiger partial charge in [0.1, 0.15) is 0 Å². The number of hydrogen-bond donors (Lipinski definition) is 0. The van der Waals surface area contributed by atoms with Gasteiger partial charge in [-0.25, -0.2) is 0 Å². The molecule has 7 aromatic carbocycles. The molecule has 0 aliphatic heterocycles. The van der Waals surface area contributed by atoms with Crippen LogP contribution in [0, 0.1) is 41.4 Å². The quantitative estimate of drug-likeness (QED) is 0.172. The van der Waals surface area contributed by atoms with E-state index in [1.165, 1.54) is 118 Å². The highest BCUT2D eigenvalue weighted by Gasteiger charge is 2.64. The van der Waals surface area contributed by atoms with Crippen LogP contribution < -0.4 is 4.90 Å². The molecule has 0 saturated heterocycles. The highest BCUT2D eigenvalue weighted by atomic mass is 15.1. The number of fused-ring (bicyclic) bond motifs is 14. The molecule has 302 valence electrons. The molecular weight excluding hydrogens is 749 g/mol. The van der Waals surface area contributed by atoms with E-state index >= 15 is 0 Å². The van der Waals surface area contributed by atoms with Crippen LogP contribution in [-0.2, 0) is 10.8 Å². The van der Waals surface area contributed by atoms with Gasteiger partial charge in [0.25, 0.3) is 0 Å². The predicted octanol–water partition coefficient (Wildman–Crippen LogP) is 15.3. The van der Waals surface area contributed by atoms with Crippen molar-refractivity contribution in [1.29, 1.82) is 0 Å². The molecular formula is C60H52N2. The van der Waals surface area contributed by atoms with Crippen LogP contribution in [0.2, 0.25) is 0 Å². The van der Waals surface area contributed by atoms with Crippen LogP contribution in [-0.4, -0.2) is 4.57 Å². The van der Waals surface area contributed by atoms with Gasteiger partial charge in [-0.2, -0.15) is 0 Å². The van der Waals surface area contributed by atoms with E-state index in [4.69, 9.17) is 0 Å². The molecule has 1 aromatic heterocycles. The molecule has 0 radical (unpaired) electrons. The van der Waals surface area contributed by atoms with E-state index in [9.17, 15) is 0 Å². The fourth-order valence-corrected chi connectivity index (χ4v) is 16.5. The van der Waals surface area contributed by atoms with Crippen LogP contribution >= 0.6 is 0 Å². The van der Waals surface area contributed by atoms with E-state index in [1.54, 1.807) is 22.3 Å². The number of rotatable bonds is 4. The maximum Gasteiger partial charge on any atom is 0.0561 e. The molecule has 8 aliphatic carbocycles. The zero-order valence-electron chi connectivity index (χ0n) is 35.6. The van der Waals surface area contributed by atoms with E-state index in [0.717, 1.165) is 35.5 Å². The van der Waals surface area contributed by atoms with Gasteiger partial charge >= 0.3 is 0 Å². The number of nitrogens with zero attached hydrogens (tertiary/aromatic N) is 2. The van der Waals surface area contributed by atoms with Gasteiger partial charge in [0, 0.05) is 44.4 Å².